The van der Waals surface area contributed by atoms with Gasteiger partial charge in [0.05, 0.1) is 12.1 Å². The summed E-state index contributed by atoms with van der Waals surface area (Å²) in [7, 11) is 0. The van der Waals surface area contributed by atoms with E-state index in [1.807, 2.05) is 12.1 Å². The molecule has 0 radical (unpaired) electrons. The van der Waals surface area contributed by atoms with Gasteiger partial charge in [-0.3, -0.25) is 0 Å². The molecule has 2 unspecified atom stereocenters. The molecule has 2 atom stereocenters. The van der Waals surface area contributed by atoms with Crippen LogP contribution in [0.3, 0.4) is 0 Å². The number of nitrogens with zero attached hydrogens (tertiary/aromatic N) is 2. The van der Waals surface area contributed by atoms with Crippen molar-refractivity contribution in [1.29, 1.82) is 0 Å². The van der Waals surface area contributed by atoms with Gasteiger partial charge in [0.2, 0.25) is 0 Å². The molecule has 0 aliphatic carbocycles. The Morgan fingerprint density at radius 2 is 1.15 bits per heavy atom. The highest BCUT2D eigenvalue weighted by Crippen LogP contribution is 2.30. The quantitative estimate of drug-likeness (QED) is 0.777. The Balaban J connectivity index is 1.43. The summed E-state index contributed by atoms with van der Waals surface area (Å²) in [4.78, 5) is 9.68. The lowest BCUT2D eigenvalue weighted by atomic mass is 9.93. The highest BCUT2D eigenvalue weighted by atomic mass is 16.5. The minimum absolute atomic E-state index is 0.156. The molecule has 2 aliphatic heterocycles. The van der Waals surface area contributed by atoms with Crippen molar-refractivity contribution < 1.29 is 9.47 Å². The van der Waals surface area contributed by atoms with Gasteiger partial charge in [-0.2, -0.15) is 0 Å². The Bertz CT molecular complexity index is 758. The molecule has 0 spiro atoms. The van der Waals surface area contributed by atoms with Gasteiger partial charge in [-0.15, -0.1) is 0 Å². The summed E-state index contributed by atoms with van der Waals surface area (Å²) in [5.41, 5.74) is 2.13. The fourth-order valence-corrected chi connectivity index (χ4v) is 3.59. The second-order valence-electron chi connectivity index (χ2n) is 7.80. The van der Waals surface area contributed by atoms with Gasteiger partial charge in [0.1, 0.15) is 18.6 Å². The van der Waals surface area contributed by atoms with Gasteiger partial charge in [0.25, 0.3) is 0 Å². The predicted octanol–water partition coefficient (Wildman–Crippen LogP) is 4.09. The first kappa shape index (κ1) is 17.8. The Hall–Kier alpha value is -2.62. The molecule has 4 rings (SSSR count). The summed E-state index contributed by atoms with van der Waals surface area (Å²) in [6.07, 6.45) is 1.79. The zero-order valence-corrected chi connectivity index (χ0v) is 16.0. The first-order valence-corrected chi connectivity index (χ1v) is 9.61. The van der Waals surface area contributed by atoms with Crippen LogP contribution in [0.4, 0.5) is 0 Å². The Kier molecular flexibility index (Phi) is 4.97. The van der Waals surface area contributed by atoms with Gasteiger partial charge >= 0.3 is 0 Å². The number of rotatable bonds is 6. The summed E-state index contributed by atoms with van der Waals surface area (Å²) >= 11 is 0. The Morgan fingerprint density at radius 1 is 0.741 bits per heavy atom. The first-order chi connectivity index (χ1) is 13.1. The van der Waals surface area contributed by atoms with Gasteiger partial charge in [-0.05, 0) is 37.8 Å². The van der Waals surface area contributed by atoms with E-state index in [1.165, 1.54) is 11.1 Å². The molecule has 2 aromatic rings. The van der Waals surface area contributed by atoms with Gasteiger partial charge in [-0.25, -0.2) is 9.98 Å². The van der Waals surface area contributed by atoms with Crippen LogP contribution in [-0.4, -0.2) is 37.1 Å². The SMILES string of the molecule is CC(C)(C1=NC(Cc2ccccc2)CO1)C1=NC(Cc2ccccc2)CO1. The maximum Gasteiger partial charge on any atom is 0.199 e. The summed E-state index contributed by atoms with van der Waals surface area (Å²) < 4.78 is 11.9. The van der Waals surface area contributed by atoms with Crippen molar-refractivity contribution >= 4 is 11.8 Å². The zero-order valence-electron chi connectivity index (χ0n) is 16.0. The molecule has 0 aromatic heterocycles. The summed E-state index contributed by atoms with van der Waals surface area (Å²) in [5.74, 6) is 1.48. The molecule has 0 N–H and O–H groups in total. The molecule has 0 saturated heterocycles. The smallest absolute Gasteiger partial charge is 0.199 e. The van der Waals surface area contributed by atoms with Crippen molar-refractivity contribution in [1.82, 2.24) is 0 Å². The standard InChI is InChI=1S/C23H26N2O2/c1-23(2,21-24-19(15-26-21)13-17-9-5-3-6-10-17)22-25-20(16-27-22)14-18-11-7-4-8-12-18/h3-12,19-20H,13-16H2,1-2H3. The lowest BCUT2D eigenvalue weighted by Gasteiger charge is -2.22. The number of hydrogen-bond donors (Lipinski definition) is 0. The molecule has 140 valence electrons. The molecule has 27 heavy (non-hydrogen) atoms. The van der Waals surface area contributed by atoms with Crippen molar-refractivity contribution in [3.05, 3.63) is 71.8 Å². The van der Waals surface area contributed by atoms with Crippen LogP contribution in [0.5, 0.6) is 0 Å². The van der Waals surface area contributed by atoms with E-state index in [0.29, 0.717) is 13.2 Å². The second kappa shape index (κ2) is 7.55. The van der Waals surface area contributed by atoms with E-state index in [0.717, 1.165) is 24.6 Å². The van der Waals surface area contributed by atoms with E-state index in [4.69, 9.17) is 19.5 Å². The van der Waals surface area contributed by atoms with Crippen molar-refractivity contribution in [2.75, 3.05) is 13.2 Å². The van der Waals surface area contributed by atoms with Gasteiger partial charge in [0, 0.05) is 0 Å². The molecule has 4 nitrogen and oxygen atoms in total. The minimum atomic E-state index is -0.434. The number of hydrogen-bond acceptors (Lipinski definition) is 4. The lowest BCUT2D eigenvalue weighted by Crippen LogP contribution is -2.34. The molecule has 0 bridgehead atoms. The molecule has 2 heterocycles. The third kappa shape index (κ3) is 4.05. The van der Waals surface area contributed by atoms with Crippen LogP contribution in [0.1, 0.15) is 25.0 Å². The average molecular weight is 362 g/mol. The van der Waals surface area contributed by atoms with Crippen LogP contribution < -0.4 is 0 Å². The third-order valence-corrected chi connectivity index (χ3v) is 5.12. The molecule has 2 aromatic carbocycles. The van der Waals surface area contributed by atoms with Gasteiger partial charge < -0.3 is 9.47 Å². The van der Waals surface area contributed by atoms with Crippen LogP contribution in [0, 0.1) is 5.41 Å². The predicted molar refractivity (Wildman–Crippen MR) is 108 cm³/mol. The lowest BCUT2D eigenvalue weighted by molar-refractivity contribution is 0.263. The molecular formula is C23H26N2O2. The summed E-state index contributed by atoms with van der Waals surface area (Å²) in [6, 6.07) is 21.2. The Labute approximate surface area is 161 Å². The van der Waals surface area contributed by atoms with E-state index in [9.17, 15) is 0 Å². The van der Waals surface area contributed by atoms with Gasteiger partial charge in [0.15, 0.2) is 11.8 Å². The van der Waals surface area contributed by atoms with Crippen molar-refractivity contribution in [3.8, 4) is 0 Å². The van der Waals surface area contributed by atoms with Crippen LogP contribution in [-0.2, 0) is 22.3 Å². The first-order valence-electron chi connectivity index (χ1n) is 9.61. The van der Waals surface area contributed by atoms with E-state index < -0.39 is 5.41 Å². The van der Waals surface area contributed by atoms with Crippen LogP contribution >= 0.6 is 0 Å². The topological polar surface area (TPSA) is 43.2 Å². The molecular weight excluding hydrogens is 336 g/mol. The number of ether oxygens (including phenoxy) is 2. The van der Waals surface area contributed by atoms with Crippen molar-refractivity contribution in [3.63, 3.8) is 0 Å². The summed E-state index contributed by atoms with van der Waals surface area (Å²) in [5, 5.41) is 0. The number of aliphatic imine (C=N–C) groups is 2. The molecule has 0 saturated carbocycles. The van der Waals surface area contributed by atoms with Crippen LogP contribution in [0.25, 0.3) is 0 Å². The molecule has 0 amide bonds. The Morgan fingerprint density at radius 3 is 1.56 bits per heavy atom. The maximum atomic E-state index is 5.96. The van der Waals surface area contributed by atoms with E-state index in [-0.39, 0.29) is 12.1 Å². The van der Waals surface area contributed by atoms with Gasteiger partial charge in [-0.1, -0.05) is 60.7 Å². The minimum Gasteiger partial charge on any atom is -0.478 e. The maximum absolute atomic E-state index is 5.96. The normalized spacial score (nSPS) is 22.0. The number of benzene rings is 2. The van der Waals surface area contributed by atoms with Crippen molar-refractivity contribution in [2.24, 2.45) is 15.4 Å². The van der Waals surface area contributed by atoms with Crippen LogP contribution in [0.2, 0.25) is 0 Å². The molecule has 4 heteroatoms. The average Bonchev–Trinajstić information content (AvgIpc) is 3.34. The van der Waals surface area contributed by atoms with E-state index in [1.54, 1.807) is 0 Å². The zero-order chi connectivity index (χ0) is 18.7. The third-order valence-electron chi connectivity index (χ3n) is 5.12. The largest absolute Gasteiger partial charge is 0.478 e. The van der Waals surface area contributed by atoms with Crippen molar-refractivity contribution in [2.45, 2.75) is 38.8 Å². The van der Waals surface area contributed by atoms with Crippen LogP contribution in [0.15, 0.2) is 70.6 Å². The highest BCUT2D eigenvalue weighted by molar-refractivity contribution is 6.05. The molecule has 0 fully saturated rings. The fraction of sp³-hybridized carbons (Fsp3) is 0.391. The highest BCUT2D eigenvalue weighted by Gasteiger charge is 2.41. The van der Waals surface area contributed by atoms with E-state index >= 15 is 0 Å². The van der Waals surface area contributed by atoms with E-state index in [2.05, 4.69) is 62.4 Å². The fourth-order valence-electron chi connectivity index (χ4n) is 3.59. The second-order valence-corrected chi connectivity index (χ2v) is 7.80. The monoisotopic (exact) mass is 362 g/mol. The summed E-state index contributed by atoms with van der Waals surface area (Å²) in [6.45, 7) is 5.41. The molecule has 2 aliphatic rings.